The summed E-state index contributed by atoms with van der Waals surface area (Å²) in [6.07, 6.45) is 0. The van der Waals surface area contributed by atoms with Crippen LogP contribution in [0.2, 0.25) is 0 Å². The van der Waals surface area contributed by atoms with E-state index in [0.717, 1.165) is 35.7 Å². The van der Waals surface area contributed by atoms with E-state index >= 15 is 0 Å². The fraction of sp³-hybridized carbons (Fsp3) is 0.381. The number of hydrogen-bond donors (Lipinski definition) is 2. The summed E-state index contributed by atoms with van der Waals surface area (Å²) in [5.41, 5.74) is 4.24. The zero-order valence-electron chi connectivity index (χ0n) is 15.5. The minimum absolute atomic E-state index is 0. The van der Waals surface area contributed by atoms with Gasteiger partial charge < -0.3 is 15.4 Å². The normalized spacial score (nSPS) is 14.7. The van der Waals surface area contributed by atoms with Crippen LogP contribution in [0.5, 0.6) is 5.75 Å². The summed E-state index contributed by atoms with van der Waals surface area (Å²) in [7, 11) is 0. The van der Waals surface area contributed by atoms with Gasteiger partial charge in [-0.15, -0.1) is 12.4 Å². The number of nitrogens with one attached hydrogen (secondary N) is 2. The number of ether oxygens (including phenoxy) is 1. The molecule has 0 saturated carbocycles. The molecular formula is C21H27ClN2O2. The number of halogens is 1. The quantitative estimate of drug-likeness (QED) is 0.800. The highest BCUT2D eigenvalue weighted by Crippen LogP contribution is 2.24. The molecule has 26 heavy (non-hydrogen) atoms. The summed E-state index contributed by atoms with van der Waals surface area (Å²) in [5, 5.41) is 6.26. The molecule has 3 rings (SSSR count). The minimum atomic E-state index is 0. The molecule has 0 bridgehead atoms. The first-order valence-electron chi connectivity index (χ1n) is 8.83. The van der Waals surface area contributed by atoms with E-state index in [1.54, 1.807) is 0 Å². The second-order valence-corrected chi connectivity index (χ2v) is 6.95. The SMILES string of the molecule is Cc1cccc(COc2ccc(NC(=O)C(C)C3CNC3)c(C)c2)c1.Cl. The van der Waals surface area contributed by atoms with E-state index in [2.05, 4.69) is 35.8 Å². The second kappa shape index (κ2) is 9.06. The van der Waals surface area contributed by atoms with Gasteiger partial charge in [0.1, 0.15) is 12.4 Å². The van der Waals surface area contributed by atoms with Gasteiger partial charge in [-0.3, -0.25) is 4.79 Å². The Labute approximate surface area is 161 Å². The molecular weight excluding hydrogens is 348 g/mol. The number of amides is 1. The standard InChI is InChI=1S/C21H26N2O2.ClH/c1-14-5-4-6-17(9-14)13-25-19-7-8-20(15(2)10-19)23-21(24)16(3)18-11-22-12-18;/h4-10,16,18,22H,11-13H2,1-3H3,(H,23,24);1H. The minimum Gasteiger partial charge on any atom is -0.489 e. The predicted molar refractivity (Wildman–Crippen MR) is 108 cm³/mol. The first-order chi connectivity index (χ1) is 12.0. The lowest BCUT2D eigenvalue weighted by Crippen LogP contribution is -2.48. The molecule has 1 atom stereocenters. The van der Waals surface area contributed by atoms with E-state index in [1.807, 2.05) is 38.1 Å². The van der Waals surface area contributed by atoms with Crippen molar-refractivity contribution in [2.45, 2.75) is 27.4 Å². The molecule has 1 aliphatic rings. The first kappa shape index (κ1) is 20.3. The lowest BCUT2D eigenvalue weighted by molar-refractivity contribution is -0.121. The van der Waals surface area contributed by atoms with Gasteiger partial charge in [0, 0.05) is 11.6 Å². The van der Waals surface area contributed by atoms with Crippen LogP contribution in [0.25, 0.3) is 0 Å². The van der Waals surface area contributed by atoms with Gasteiger partial charge in [-0.2, -0.15) is 0 Å². The Morgan fingerprint density at radius 2 is 2.00 bits per heavy atom. The highest BCUT2D eigenvalue weighted by molar-refractivity contribution is 5.93. The average Bonchev–Trinajstić information content (AvgIpc) is 2.53. The first-order valence-corrected chi connectivity index (χ1v) is 8.83. The number of rotatable bonds is 6. The number of aryl methyl sites for hydroxylation is 2. The monoisotopic (exact) mass is 374 g/mol. The number of hydrogen-bond acceptors (Lipinski definition) is 3. The van der Waals surface area contributed by atoms with Crippen molar-refractivity contribution in [3.05, 3.63) is 59.2 Å². The molecule has 1 unspecified atom stereocenters. The predicted octanol–water partition coefficient (Wildman–Crippen LogP) is 4.10. The van der Waals surface area contributed by atoms with Crippen LogP contribution in [0.4, 0.5) is 5.69 Å². The van der Waals surface area contributed by atoms with Gasteiger partial charge in [0.05, 0.1) is 0 Å². The summed E-state index contributed by atoms with van der Waals surface area (Å²) in [6, 6.07) is 14.1. The number of carbonyl (C=O) groups is 1. The molecule has 1 heterocycles. The molecule has 5 heteroatoms. The van der Waals surface area contributed by atoms with Gasteiger partial charge in [-0.1, -0.05) is 36.8 Å². The Hall–Kier alpha value is -2.04. The molecule has 0 radical (unpaired) electrons. The second-order valence-electron chi connectivity index (χ2n) is 6.95. The third-order valence-corrected chi connectivity index (χ3v) is 4.88. The van der Waals surface area contributed by atoms with Crippen molar-refractivity contribution in [2.75, 3.05) is 18.4 Å². The fourth-order valence-corrected chi connectivity index (χ4v) is 2.96. The van der Waals surface area contributed by atoms with E-state index in [4.69, 9.17) is 4.74 Å². The molecule has 1 saturated heterocycles. The summed E-state index contributed by atoms with van der Waals surface area (Å²) >= 11 is 0. The van der Waals surface area contributed by atoms with Crippen LogP contribution in [-0.2, 0) is 11.4 Å². The lowest BCUT2D eigenvalue weighted by Gasteiger charge is -2.31. The molecule has 1 fully saturated rings. The van der Waals surface area contributed by atoms with Crippen LogP contribution in [-0.4, -0.2) is 19.0 Å². The van der Waals surface area contributed by atoms with Crippen LogP contribution in [0.15, 0.2) is 42.5 Å². The molecule has 0 aromatic heterocycles. The molecule has 0 spiro atoms. The highest BCUT2D eigenvalue weighted by atomic mass is 35.5. The third kappa shape index (κ3) is 4.99. The van der Waals surface area contributed by atoms with Gasteiger partial charge >= 0.3 is 0 Å². The van der Waals surface area contributed by atoms with Gasteiger partial charge in [0.2, 0.25) is 5.91 Å². The molecule has 140 valence electrons. The van der Waals surface area contributed by atoms with Gasteiger partial charge in [-0.25, -0.2) is 0 Å². The van der Waals surface area contributed by atoms with Crippen molar-refractivity contribution >= 4 is 24.0 Å². The van der Waals surface area contributed by atoms with Crippen molar-refractivity contribution in [3.63, 3.8) is 0 Å². The number of anilines is 1. The Kier molecular flexibility index (Phi) is 7.06. The molecule has 0 aliphatic carbocycles. The molecule has 2 aromatic rings. The van der Waals surface area contributed by atoms with Crippen LogP contribution >= 0.6 is 12.4 Å². The molecule has 1 amide bonds. The van der Waals surface area contributed by atoms with E-state index < -0.39 is 0 Å². The van der Waals surface area contributed by atoms with E-state index in [1.165, 1.54) is 5.56 Å². The Morgan fingerprint density at radius 1 is 1.23 bits per heavy atom. The summed E-state index contributed by atoms with van der Waals surface area (Å²) in [6.45, 7) is 8.46. The fourth-order valence-electron chi connectivity index (χ4n) is 2.96. The Bertz CT molecular complexity index is 759. The van der Waals surface area contributed by atoms with E-state index in [9.17, 15) is 4.79 Å². The summed E-state index contributed by atoms with van der Waals surface area (Å²) in [4.78, 5) is 12.4. The van der Waals surface area contributed by atoms with Gasteiger partial charge in [0.25, 0.3) is 0 Å². The topological polar surface area (TPSA) is 50.4 Å². The van der Waals surface area contributed by atoms with Crippen molar-refractivity contribution < 1.29 is 9.53 Å². The van der Waals surface area contributed by atoms with Crippen LogP contribution < -0.4 is 15.4 Å². The highest BCUT2D eigenvalue weighted by Gasteiger charge is 2.28. The Balaban J connectivity index is 0.00000243. The van der Waals surface area contributed by atoms with Crippen molar-refractivity contribution in [3.8, 4) is 5.75 Å². The molecule has 1 aliphatic heterocycles. The molecule has 2 N–H and O–H groups in total. The summed E-state index contributed by atoms with van der Waals surface area (Å²) < 4.78 is 5.88. The number of benzene rings is 2. The van der Waals surface area contributed by atoms with Gasteiger partial charge in [-0.05, 0) is 62.2 Å². The van der Waals surface area contributed by atoms with Crippen molar-refractivity contribution in [1.29, 1.82) is 0 Å². The van der Waals surface area contributed by atoms with Crippen LogP contribution in [0, 0.1) is 25.7 Å². The van der Waals surface area contributed by atoms with Crippen LogP contribution in [0.3, 0.4) is 0 Å². The Morgan fingerprint density at radius 3 is 2.62 bits per heavy atom. The van der Waals surface area contributed by atoms with Crippen LogP contribution in [0.1, 0.15) is 23.6 Å². The van der Waals surface area contributed by atoms with Crippen molar-refractivity contribution in [2.24, 2.45) is 11.8 Å². The zero-order valence-corrected chi connectivity index (χ0v) is 16.4. The molecule has 2 aromatic carbocycles. The lowest BCUT2D eigenvalue weighted by atomic mass is 9.88. The largest absolute Gasteiger partial charge is 0.489 e. The number of carbonyl (C=O) groups excluding carboxylic acids is 1. The van der Waals surface area contributed by atoms with Crippen molar-refractivity contribution in [1.82, 2.24) is 5.32 Å². The average molecular weight is 375 g/mol. The molecule has 4 nitrogen and oxygen atoms in total. The maximum absolute atomic E-state index is 12.4. The smallest absolute Gasteiger partial charge is 0.227 e. The summed E-state index contributed by atoms with van der Waals surface area (Å²) in [5.74, 6) is 1.37. The zero-order chi connectivity index (χ0) is 17.8. The van der Waals surface area contributed by atoms with Gasteiger partial charge in [0.15, 0.2) is 0 Å². The maximum atomic E-state index is 12.4. The van der Waals surface area contributed by atoms with E-state index in [-0.39, 0.29) is 24.2 Å². The van der Waals surface area contributed by atoms with E-state index in [0.29, 0.717) is 12.5 Å². The maximum Gasteiger partial charge on any atom is 0.227 e. The third-order valence-electron chi connectivity index (χ3n) is 4.88.